The zero-order valence-corrected chi connectivity index (χ0v) is 35.6. The summed E-state index contributed by atoms with van der Waals surface area (Å²) in [6, 6.07) is 61.6. The molecule has 4 aromatic heterocycles. The number of hydrogen-bond acceptors (Lipinski definition) is 7. The van der Waals surface area contributed by atoms with Crippen molar-refractivity contribution in [3.05, 3.63) is 181 Å². The van der Waals surface area contributed by atoms with E-state index >= 15 is 0 Å². The molecule has 0 saturated heterocycles. The Bertz CT molecular complexity index is 3780. The molecule has 0 N–H and O–H groups in total. The van der Waals surface area contributed by atoms with Crippen LogP contribution in [0, 0.1) is 0 Å². The summed E-state index contributed by atoms with van der Waals surface area (Å²) in [6.07, 6.45) is 0. The van der Waals surface area contributed by atoms with E-state index in [0.29, 0.717) is 17.6 Å². The second kappa shape index (κ2) is 13.1. The molecule has 13 rings (SSSR count). The Balaban J connectivity index is 1.11. The molecule has 12 aromatic rings. The van der Waals surface area contributed by atoms with Gasteiger partial charge in [0.1, 0.15) is 0 Å². The van der Waals surface area contributed by atoms with E-state index in [0.717, 1.165) is 22.5 Å². The maximum absolute atomic E-state index is 5.55. The van der Waals surface area contributed by atoms with Gasteiger partial charge in [-0.1, -0.05) is 123 Å². The van der Waals surface area contributed by atoms with Crippen LogP contribution in [-0.2, 0) is 5.41 Å². The molecular weight excluding hydrogens is 801 g/mol. The number of aromatic nitrogens is 3. The fourth-order valence-corrected chi connectivity index (χ4v) is 13.0. The summed E-state index contributed by atoms with van der Waals surface area (Å²) in [4.78, 5) is 18.8. The standard InChI is InChI=1S/C54H34N4S3/c1-54(2)40-18-7-3-13-33(40)34-27-25-32(30-41(34)54)52-55-51(31-26-28-47-39(29-31)36-15-5-8-21-44(36)59-47)56-53(57-52)58(42-19-12-24-48-49(42)38-16-6-10-23-46(38)60-48)43-20-11-17-37-35-14-4-9-22-45(35)61-50(37)43/h3-30H,1-2H3. The number of nitrogens with zero attached hydrogens (tertiary/aromatic N) is 4. The topological polar surface area (TPSA) is 41.9 Å². The Morgan fingerprint density at radius 1 is 0.410 bits per heavy atom. The molecule has 4 nitrogen and oxygen atoms in total. The summed E-state index contributed by atoms with van der Waals surface area (Å²) in [6.45, 7) is 4.65. The molecule has 0 spiro atoms. The zero-order valence-electron chi connectivity index (χ0n) is 33.2. The largest absolute Gasteiger partial charge is 0.277 e. The van der Waals surface area contributed by atoms with Gasteiger partial charge < -0.3 is 0 Å². The molecule has 0 aliphatic heterocycles. The van der Waals surface area contributed by atoms with Gasteiger partial charge in [0.2, 0.25) is 5.95 Å². The molecule has 7 heteroatoms. The molecule has 0 bridgehead atoms. The average Bonchev–Trinajstić information content (AvgIpc) is 4.05. The number of rotatable bonds is 5. The van der Waals surface area contributed by atoms with Gasteiger partial charge in [0.25, 0.3) is 0 Å². The molecule has 0 radical (unpaired) electrons. The predicted molar refractivity (Wildman–Crippen MR) is 262 cm³/mol. The van der Waals surface area contributed by atoms with Crippen LogP contribution in [0.25, 0.3) is 94.4 Å². The van der Waals surface area contributed by atoms with Crippen LogP contribution >= 0.6 is 34.0 Å². The van der Waals surface area contributed by atoms with Crippen molar-refractivity contribution in [3.63, 3.8) is 0 Å². The van der Waals surface area contributed by atoms with Crippen LogP contribution in [0.15, 0.2) is 170 Å². The third kappa shape index (κ3) is 5.24. The highest BCUT2D eigenvalue weighted by atomic mass is 32.1. The van der Waals surface area contributed by atoms with Gasteiger partial charge in [-0.3, -0.25) is 4.90 Å². The SMILES string of the molecule is CC1(C)c2ccccc2-c2ccc(-c3nc(-c4ccc5sc6ccccc6c5c4)nc(N(c4cccc5c4sc4ccccc45)c4cccc5sc6ccccc6c45)n3)cc21. The van der Waals surface area contributed by atoms with Crippen molar-refractivity contribution in [2.45, 2.75) is 19.3 Å². The summed E-state index contributed by atoms with van der Waals surface area (Å²) in [5.74, 6) is 1.85. The van der Waals surface area contributed by atoms with Crippen LogP contribution in [-0.4, -0.2) is 15.0 Å². The minimum absolute atomic E-state index is 0.176. The lowest BCUT2D eigenvalue weighted by Crippen LogP contribution is -2.16. The molecule has 0 saturated carbocycles. The molecule has 4 heterocycles. The van der Waals surface area contributed by atoms with Gasteiger partial charge in [0, 0.05) is 72.4 Å². The fraction of sp³-hybridized carbons (Fsp3) is 0.0556. The number of thiophene rings is 3. The second-order valence-corrected chi connectivity index (χ2v) is 19.6. The molecule has 0 unspecified atom stereocenters. The number of hydrogen-bond donors (Lipinski definition) is 0. The van der Waals surface area contributed by atoms with E-state index < -0.39 is 0 Å². The fourth-order valence-electron chi connectivity index (χ4n) is 9.63. The van der Waals surface area contributed by atoms with E-state index in [9.17, 15) is 0 Å². The van der Waals surface area contributed by atoms with Crippen molar-refractivity contribution in [2.24, 2.45) is 0 Å². The van der Waals surface area contributed by atoms with Gasteiger partial charge in [-0.25, -0.2) is 4.98 Å². The Morgan fingerprint density at radius 3 is 1.79 bits per heavy atom. The van der Waals surface area contributed by atoms with Crippen molar-refractivity contribution >= 4 is 112 Å². The van der Waals surface area contributed by atoms with E-state index in [1.165, 1.54) is 82.8 Å². The van der Waals surface area contributed by atoms with Crippen LogP contribution in [0.4, 0.5) is 17.3 Å². The van der Waals surface area contributed by atoms with Gasteiger partial charge in [0.05, 0.1) is 16.1 Å². The summed E-state index contributed by atoms with van der Waals surface area (Å²) in [5.41, 5.74) is 8.99. The van der Waals surface area contributed by atoms with Crippen molar-refractivity contribution in [1.29, 1.82) is 0 Å². The molecule has 288 valence electrons. The zero-order chi connectivity index (χ0) is 40.4. The van der Waals surface area contributed by atoms with E-state index in [-0.39, 0.29) is 5.41 Å². The van der Waals surface area contributed by atoms with E-state index in [2.05, 4.69) is 189 Å². The maximum Gasteiger partial charge on any atom is 0.238 e. The Kier molecular flexibility index (Phi) is 7.53. The van der Waals surface area contributed by atoms with Crippen LogP contribution in [0.2, 0.25) is 0 Å². The molecule has 0 atom stereocenters. The normalized spacial score (nSPS) is 13.2. The molecule has 0 amide bonds. The minimum Gasteiger partial charge on any atom is -0.277 e. The highest BCUT2D eigenvalue weighted by Crippen LogP contribution is 2.51. The van der Waals surface area contributed by atoms with Crippen molar-refractivity contribution in [1.82, 2.24) is 15.0 Å². The average molecular weight is 835 g/mol. The molecule has 8 aromatic carbocycles. The monoisotopic (exact) mass is 834 g/mol. The highest BCUT2D eigenvalue weighted by molar-refractivity contribution is 7.27. The first-order valence-electron chi connectivity index (χ1n) is 20.5. The van der Waals surface area contributed by atoms with Gasteiger partial charge in [0.15, 0.2) is 11.6 Å². The van der Waals surface area contributed by atoms with Crippen LogP contribution in [0.1, 0.15) is 25.0 Å². The minimum atomic E-state index is -0.176. The first kappa shape index (κ1) is 35.0. The number of anilines is 3. The second-order valence-electron chi connectivity index (χ2n) is 16.4. The summed E-state index contributed by atoms with van der Waals surface area (Å²) in [5, 5.41) is 7.33. The first-order valence-corrected chi connectivity index (χ1v) is 23.0. The Hall–Kier alpha value is -6.77. The summed E-state index contributed by atoms with van der Waals surface area (Å²) in [7, 11) is 0. The third-order valence-corrected chi connectivity index (χ3v) is 16.0. The first-order chi connectivity index (χ1) is 30.0. The molecule has 1 aliphatic carbocycles. The summed E-state index contributed by atoms with van der Waals surface area (Å²) >= 11 is 5.46. The van der Waals surface area contributed by atoms with Crippen LogP contribution in [0.5, 0.6) is 0 Å². The molecule has 0 fully saturated rings. The smallest absolute Gasteiger partial charge is 0.238 e. The van der Waals surface area contributed by atoms with Crippen LogP contribution < -0.4 is 4.90 Å². The van der Waals surface area contributed by atoms with Crippen molar-refractivity contribution in [2.75, 3.05) is 4.90 Å². The van der Waals surface area contributed by atoms with E-state index in [1.807, 2.05) is 34.0 Å². The van der Waals surface area contributed by atoms with Gasteiger partial charge in [-0.2, -0.15) is 9.97 Å². The van der Waals surface area contributed by atoms with Gasteiger partial charge >= 0.3 is 0 Å². The third-order valence-electron chi connectivity index (χ3n) is 12.5. The lowest BCUT2D eigenvalue weighted by Gasteiger charge is -2.26. The number of fused-ring (bicyclic) bond motifs is 12. The number of benzene rings is 8. The molecule has 61 heavy (non-hydrogen) atoms. The van der Waals surface area contributed by atoms with E-state index in [1.54, 1.807) is 0 Å². The van der Waals surface area contributed by atoms with Gasteiger partial charge in [-0.05, 0) is 82.9 Å². The lowest BCUT2D eigenvalue weighted by molar-refractivity contribution is 0.660. The van der Waals surface area contributed by atoms with Crippen molar-refractivity contribution < 1.29 is 0 Å². The Labute approximate surface area is 363 Å². The maximum atomic E-state index is 5.55. The van der Waals surface area contributed by atoms with Gasteiger partial charge in [-0.15, -0.1) is 34.0 Å². The van der Waals surface area contributed by atoms with E-state index in [4.69, 9.17) is 15.0 Å². The molecular formula is C54H34N4S3. The van der Waals surface area contributed by atoms with Crippen LogP contribution in [0.3, 0.4) is 0 Å². The lowest BCUT2D eigenvalue weighted by atomic mass is 9.82. The highest BCUT2D eigenvalue weighted by Gasteiger charge is 2.35. The Morgan fingerprint density at radius 2 is 0.967 bits per heavy atom. The predicted octanol–water partition coefficient (Wildman–Crippen LogP) is 16.1. The summed E-state index contributed by atoms with van der Waals surface area (Å²) < 4.78 is 7.42. The quantitative estimate of drug-likeness (QED) is 0.173. The van der Waals surface area contributed by atoms with Crippen molar-refractivity contribution in [3.8, 4) is 33.9 Å². The molecule has 1 aliphatic rings.